The lowest BCUT2D eigenvalue weighted by atomic mass is 9.89. The van der Waals surface area contributed by atoms with Crippen molar-refractivity contribution in [1.29, 1.82) is 0 Å². The Labute approximate surface area is 97.9 Å². The van der Waals surface area contributed by atoms with Gasteiger partial charge in [0, 0.05) is 5.41 Å². The molecule has 0 bridgehead atoms. The summed E-state index contributed by atoms with van der Waals surface area (Å²) in [6.45, 7) is 7.85. The van der Waals surface area contributed by atoms with Gasteiger partial charge in [-0.3, -0.25) is 0 Å². The second-order valence-corrected chi connectivity index (χ2v) is 6.71. The van der Waals surface area contributed by atoms with Crippen LogP contribution in [0.3, 0.4) is 0 Å². The summed E-state index contributed by atoms with van der Waals surface area (Å²) in [6.07, 6.45) is 0. The molecule has 16 heavy (non-hydrogen) atoms. The van der Waals surface area contributed by atoms with Crippen molar-refractivity contribution in [3.05, 3.63) is 41.3 Å². The number of hydrogen-bond donors (Lipinski definition) is 0. The van der Waals surface area contributed by atoms with E-state index >= 15 is 0 Å². The van der Waals surface area contributed by atoms with E-state index in [4.69, 9.17) is 0 Å². The number of sulfone groups is 1. The number of rotatable bonds is 2. The molecule has 0 aliphatic carbocycles. The van der Waals surface area contributed by atoms with Crippen LogP contribution in [0, 0.1) is 5.41 Å². The Bertz CT molecular complexity index is 476. The van der Waals surface area contributed by atoms with Crippen LogP contribution in [0.25, 0.3) is 0 Å². The topological polar surface area (TPSA) is 34.1 Å². The first-order valence-electron chi connectivity index (χ1n) is 5.22. The monoisotopic (exact) mass is 238 g/mol. The average molecular weight is 238 g/mol. The smallest absolute Gasteiger partial charge is 0.199 e. The van der Waals surface area contributed by atoms with E-state index < -0.39 is 9.84 Å². The van der Waals surface area contributed by atoms with Gasteiger partial charge in [-0.1, -0.05) is 44.5 Å². The lowest BCUT2D eigenvalue weighted by molar-refractivity contribution is 0.504. The van der Waals surface area contributed by atoms with Gasteiger partial charge in [0.25, 0.3) is 0 Å². The maximum Gasteiger partial charge on any atom is 0.199 e. The standard InChI is InChI=1S/C13H18O2S/c1-11(13(2,3)4)10-16(14,15)12-8-6-5-7-9-12/h5-10H,1-4H3/b11-10+. The molecular formula is C13H18O2S. The zero-order chi connectivity index (χ0) is 12.4. The fourth-order valence-corrected chi connectivity index (χ4v) is 2.58. The van der Waals surface area contributed by atoms with Gasteiger partial charge in [-0.15, -0.1) is 0 Å². The third-order valence-electron chi connectivity index (χ3n) is 2.59. The minimum absolute atomic E-state index is 0.123. The largest absolute Gasteiger partial charge is 0.219 e. The SMILES string of the molecule is C/C(=C\S(=O)(=O)c1ccccc1)C(C)(C)C. The molecule has 1 rings (SSSR count). The zero-order valence-electron chi connectivity index (χ0n) is 10.2. The van der Waals surface area contributed by atoms with Crippen LogP contribution in [0.4, 0.5) is 0 Å². The van der Waals surface area contributed by atoms with Crippen LogP contribution < -0.4 is 0 Å². The summed E-state index contributed by atoms with van der Waals surface area (Å²) in [5.41, 5.74) is 0.735. The van der Waals surface area contributed by atoms with E-state index in [0.29, 0.717) is 4.90 Å². The van der Waals surface area contributed by atoms with Gasteiger partial charge in [-0.05, 0) is 24.5 Å². The molecular weight excluding hydrogens is 220 g/mol. The summed E-state index contributed by atoms with van der Waals surface area (Å²) in [6, 6.07) is 8.49. The first-order valence-corrected chi connectivity index (χ1v) is 6.77. The molecule has 2 nitrogen and oxygen atoms in total. The molecule has 1 aromatic rings. The van der Waals surface area contributed by atoms with Gasteiger partial charge in [-0.25, -0.2) is 8.42 Å². The molecule has 0 aliphatic rings. The average Bonchev–Trinajstić information content (AvgIpc) is 2.17. The molecule has 0 aliphatic heterocycles. The van der Waals surface area contributed by atoms with Crippen LogP contribution in [-0.2, 0) is 9.84 Å². The van der Waals surface area contributed by atoms with E-state index in [1.165, 1.54) is 5.41 Å². The van der Waals surface area contributed by atoms with E-state index in [0.717, 1.165) is 5.57 Å². The second-order valence-electron chi connectivity index (χ2n) is 4.91. The Morgan fingerprint density at radius 2 is 1.62 bits per heavy atom. The Hall–Kier alpha value is -1.09. The zero-order valence-corrected chi connectivity index (χ0v) is 11.0. The molecule has 88 valence electrons. The highest BCUT2D eigenvalue weighted by atomic mass is 32.2. The number of benzene rings is 1. The van der Waals surface area contributed by atoms with E-state index in [1.54, 1.807) is 30.3 Å². The molecule has 0 atom stereocenters. The molecule has 0 saturated carbocycles. The normalized spacial score (nSPS) is 13.9. The first-order chi connectivity index (χ1) is 7.23. The highest BCUT2D eigenvalue weighted by Crippen LogP contribution is 2.26. The van der Waals surface area contributed by atoms with Crippen molar-refractivity contribution in [3.63, 3.8) is 0 Å². The first kappa shape index (κ1) is 13.0. The van der Waals surface area contributed by atoms with Crippen LogP contribution in [0.15, 0.2) is 46.2 Å². The summed E-state index contributed by atoms with van der Waals surface area (Å²) >= 11 is 0. The van der Waals surface area contributed by atoms with Gasteiger partial charge in [0.15, 0.2) is 9.84 Å². The summed E-state index contributed by atoms with van der Waals surface area (Å²) in [5, 5.41) is 1.36. The lowest BCUT2D eigenvalue weighted by Crippen LogP contribution is -2.09. The minimum Gasteiger partial charge on any atom is -0.219 e. The van der Waals surface area contributed by atoms with Gasteiger partial charge in [0.2, 0.25) is 0 Å². The van der Waals surface area contributed by atoms with E-state index in [1.807, 2.05) is 27.7 Å². The maximum atomic E-state index is 12.0. The van der Waals surface area contributed by atoms with Gasteiger partial charge < -0.3 is 0 Å². The van der Waals surface area contributed by atoms with E-state index in [-0.39, 0.29) is 5.41 Å². The quantitative estimate of drug-likeness (QED) is 0.791. The van der Waals surface area contributed by atoms with Crippen LogP contribution in [0.1, 0.15) is 27.7 Å². The Morgan fingerprint density at radius 1 is 1.12 bits per heavy atom. The van der Waals surface area contributed by atoms with Crippen LogP contribution in [-0.4, -0.2) is 8.42 Å². The van der Waals surface area contributed by atoms with Gasteiger partial charge in [-0.2, -0.15) is 0 Å². The highest BCUT2D eigenvalue weighted by Gasteiger charge is 2.17. The molecule has 3 heteroatoms. The maximum absolute atomic E-state index is 12.0. The molecule has 0 radical (unpaired) electrons. The van der Waals surface area contributed by atoms with E-state index in [9.17, 15) is 8.42 Å². The second kappa shape index (κ2) is 4.42. The van der Waals surface area contributed by atoms with Crippen molar-refractivity contribution in [2.45, 2.75) is 32.6 Å². The van der Waals surface area contributed by atoms with Crippen LogP contribution in [0.2, 0.25) is 0 Å². The van der Waals surface area contributed by atoms with Crippen molar-refractivity contribution in [2.24, 2.45) is 5.41 Å². The fourth-order valence-electron chi connectivity index (χ4n) is 1.09. The summed E-state index contributed by atoms with van der Waals surface area (Å²) < 4.78 is 24.0. The number of allylic oxidation sites excluding steroid dienone is 1. The molecule has 0 saturated heterocycles. The van der Waals surface area contributed by atoms with Gasteiger partial charge in [0.05, 0.1) is 4.90 Å². The fraction of sp³-hybridized carbons (Fsp3) is 0.385. The molecule has 0 unspecified atom stereocenters. The van der Waals surface area contributed by atoms with E-state index in [2.05, 4.69) is 0 Å². The summed E-state index contributed by atoms with van der Waals surface area (Å²) in [7, 11) is -3.30. The summed E-state index contributed by atoms with van der Waals surface area (Å²) in [5.74, 6) is 0. The molecule has 0 heterocycles. The predicted molar refractivity (Wildman–Crippen MR) is 66.8 cm³/mol. The van der Waals surface area contributed by atoms with Crippen LogP contribution >= 0.6 is 0 Å². The predicted octanol–water partition coefficient (Wildman–Crippen LogP) is 3.41. The van der Waals surface area contributed by atoms with Crippen molar-refractivity contribution in [1.82, 2.24) is 0 Å². The van der Waals surface area contributed by atoms with Crippen molar-refractivity contribution >= 4 is 9.84 Å². The molecule has 0 amide bonds. The number of hydrogen-bond acceptors (Lipinski definition) is 2. The molecule has 1 aromatic carbocycles. The Kier molecular flexibility index (Phi) is 3.58. The van der Waals surface area contributed by atoms with Gasteiger partial charge >= 0.3 is 0 Å². The van der Waals surface area contributed by atoms with Gasteiger partial charge in [0.1, 0.15) is 0 Å². The van der Waals surface area contributed by atoms with Crippen molar-refractivity contribution in [2.75, 3.05) is 0 Å². The molecule has 0 aromatic heterocycles. The Morgan fingerprint density at radius 3 is 2.06 bits per heavy atom. The minimum atomic E-state index is -3.30. The lowest BCUT2D eigenvalue weighted by Gasteiger charge is -2.19. The third-order valence-corrected chi connectivity index (χ3v) is 4.18. The van der Waals surface area contributed by atoms with Crippen molar-refractivity contribution < 1.29 is 8.42 Å². The van der Waals surface area contributed by atoms with Crippen LogP contribution in [0.5, 0.6) is 0 Å². The third kappa shape index (κ3) is 3.20. The molecule has 0 fully saturated rings. The molecule has 0 N–H and O–H groups in total. The highest BCUT2D eigenvalue weighted by molar-refractivity contribution is 7.94. The molecule has 0 spiro atoms. The Balaban J connectivity index is 3.16. The summed E-state index contributed by atoms with van der Waals surface area (Å²) in [4.78, 5) is 0.346. The van der Waals surface area contributed by atoms with Crippen molar-refractivity contribution in [3.8, 4) is 0 Å².